The first-order valence-corrected chi connectivity index (χ1v) is 13.0. The van der Waals surface area contributed by atoms with Gasteiger partial charge in [0.1, 0.15) is 5.00 Å². The second kappa shape index (κ2) is 11.8. The molecule has 0 aliphatic carbocycles. The van der Waals surface area contributed by atoms with Crippen molar-refractivity contribution in [2.75, 3.05) is 32.6 Å². The Morgan fingerprint density at radius 2 is 1.82 bits per heavy atom. The van der Waals surface area contributed by atoms with Gasteiger partial charge in [-0.05, 0) is 48.4 Å². The maximum absolute atomic E-state index is 12.5. The SMILES string of the molecule is CCOC(=O)c1c(CC(C)C)csc1NC(=O)COC(=O)c1cc(S(=O)(=O)N(C)C)ccc1Cl. The fourth-order valence-corrected chi connectivity index (χ4v) is 5.01. The summed E-state index contributed by atoms with van der Waals surface area (Å²) in [6.45, 7) is 5.22. The molecule has 0 radical (unpaired) electrons. The standard InChI is InChI=1S/C22H27ClN2O7S2/c1-6-31-22(28)19-14(9-13(2)3)12-33-20(19)24-18(26)11-32-21(27)16-10-15(7-8-17(16)23)34(29,30)25(4)5/h7-8,10,12-13H,6,9,11H2,1-5H3,(H,24,26). The summed E-state index contributed by atoms with van der Waals surface area (Å²) in [4.78, 5) is 37.2. The van der Waals surface area contributed by atoms with Gasteiger partial charge in [0.2, 0.25) is 10.0 Å². The van der Waals surface area contributed by atoms with Gasteiger partial charge < -0.3 is 14.8 Å². The van der Waals surface area contributed by atoms with E-state index in [-0.39, 0.29) is 33.6 Å². The molecule has 186 valence electrons. The number of nitrogens with zero attached hydrogens (tertiary/aromatic N) is 1. The van der Waals surface area contributed by atoms with E-state index in [0.717, 1.165) is 15.9 Å². The highest BCUT2D eigenvalue weighted by Gasteiger charge is 2.24. The molecule has 0 bridgehead atoms. The molecule has 0 fully saturated rings. The predicted octanol–water partition coefficient (Wildman–Crippen LogP) is 3.82. The Labute approximate surface area is 208 Å². The fourth-order valence-electron chi connectivity index (χ4n) is 2.91. The lowest BCUT2D eigenvalue weighted by Crippen LogP contribution is -2.23. The summed E-state index contributed by atoms with van der Waals surface area (Å²) >= 11 is 7.21. The van der Waals surface area contributed by atoms with E-state index in [1.165, 1.54) is 37.6 Å². The van der Waals surface area contributed by atoms with Crippen LogP contribution in [0.25, 0.3) is 0 Å². The summed E-state index contributed by atoms with van der Waals surface area (Å²) in [5.41, 5.74) is 0.848. The Balaban J connectivity index is 2.15. The number of halogens is 1. The zero-order valence-corrected chi connectivity index (χ0v) is 21.9. The number of hydrogen-bond acceptors (Lipinski definition) is 8. The Kier molecular flexibility index (Phi) is 9.63. The van der Waals surface area contributed by atoms with Gasteiger partial charge in [-0.3, -0.25) is 4.79 Å². The van der Waals surface area contributed by atoms with E-state index in [0.29, 0.717) is 11.4 Å². The third-order valence-corrected chi connectivity index (χ3v) is 7.58. The van der Waals surface area contributed by atoms with Crippen molar-refractivity contribution >= 4 is 55.8 Å². The molecule has 12 heteroatoms. The number of benzene rings is 1. The van der Waals surface area contributed by atoms with E-state index >= 15 is 0 Å². The number of carbonyl (C=O) groups excluding carboxylic acids is 3. The molecule has 0 unspecified atom stereocenters. The first kappa shape index (κ1) is 27.8. The number of sulfonamides is 1. The van der Waals surface area contributed by atoms with Crippen molar-refractivity contribution in [3.05, 3.63) is 45.3 Å². The Morgan fingerprint density at radius 1 is 1.15 bits per heavy atom. The third-order valence-electron chi connectivity index (χ3n) is 4.50. The number of ether oxygens (including phenoxy) is 2. The van der Waals surface area contributed by atoms with Crippen molar-refractivity contribution in [2.45, 2.75) is 32.1 Å². The molecule has 0 aliphatic rings. The van der Waals surface area contributed by atoms with Gasteiger partial charge in [0.05, 0.1) is 27.7 Å². The number of amides is 1. The average Bonchev–Trinajstić information content (AvgIpc) is 3.13. The smallest absolute Gasteiger partial charge is 0.341 e. The number of rotatable bonds is 10. The zero-order valence-electron chi connectivity index (χ0n) is 19.5. The number of carbonyl (C=O) groups is 3. The van der Waals surface area contributed by atoms with Crippen molar-refractivity contribution in [3.8, 4) is 0 Å². The minimum Gasteiger partial charge on any atom is -0.462 e. The van der Waals surface area contributed by atoms with Crippen molar-refractivity contribution in [1.29, 1.82) is 0 Å². The maximum atomic E-state index is 12.5. The van der Waals surface area contributed by atoms with Crippen LogP contribution in [0.2, 0.25) is 5.02 Å². The zero-order chi connectivity index (χ0) is 25.6. The van der Waals surface area contributed by atoms with Crippen LogP contribution in [-0.4, -0.2) is 57.9 Å². The fraction of sp³-hybridized carbons (Fsp3) is 0.409. The van der Waals surface area contributed by atoms with Crippen molar-refractivity contribution in [2.24, 2.45) is 5.92 Å². The van der Waals surface area contributed by atoms with Crippen LogP contribution in [0.1, 0.15) is 47.1 Å². The first-order valence-electron chi connectivity index (χ1n) is 10.3. The Bertz CT molecular complexity index is 1170. The van der Waals surface area contributed by atoms with Gasteiger partial charge in [0.15, 0.2) is 6.61 Å². The highest BCUT2D eigenvalue weighted by Crippen LogP contribution is 2.31. The monoisotopic (exact) mass is 530 g/mol. The topological polar surface area (TPSA) is 119 Å². The summed E-state index contributed by atoms with van der Waals surface area (Å²) in [5.74, 6) is -1.90. The summed E-state index contributed by atoms with van der Waals surface area (Å²) in [7, 11) is -1.09. The molecule has 1 amide bonds. The molecule has 0 spiro atoms. The first-order chi connectivity index (χ1) is 15.9. The van der Waals surface area contributed by atoms with Gasteiger partial charge in [-0.15, -0.1) is 11.3 Å². The lowest BCUT2D eigenvalue weighted by Gasteiger charge is -2.13. The molecular weight excluding hydrogens is 504 g/mol. The van der Waals surface area contributed by atoms with E-state index in [4.69, 9.17) is 21.1 Å². The van der Waals surface area contributed by atoms with Gasteiger partial charge in [0.25, 0.3) is 5.91 Å². The van der Waals surface area contributed by atoms with Gasteiger partial charge >= 0.3 is 11.9 Å². The van der Waals surface area contributed by atoms with Crippen molar-refractivity contribution in [1.82, 2.24) is 4.31 Å². The van der Waals surface area contributed by atoms with Crippen LogP contribution in [0.4, 0.5) is 5.00 Å². The molecule has 9 nitrogen and oxygen atoms in total. The quantitative estimate of drug-likeness (QED) is 0.464. The van der Waals surface area contributed by atoms with Gasteiger partial charge in [0, 0.05) is 14.1 Å². The number of nitrogens with one attached hydrogen (secondary N) is 1. The normalized spacial score (nSPS) is 11.5. The van der Waals surface area contributed by atoms with E-state index in [1.54, 1.807) is 12.3 Å². The summed E-state index contributed by atoms with van der Waals surface area (Å²) in [5, 5.41) is 4.64. The van der Waals surface area contributed by atoms with E-state index in [9.17, 15) is 22.8 Å². The molecule has 0 aliphatic heterocycles. The molecule has 0 saturated heterocycles. The summed E-state index contributed by atoms with van der Waals surface area (Å²) in [6, 6.07) is 3.62. The third kappa shape index (κ3) is 6.78. The molecule has 34 heavy (non-hydrogen) atoms. The molecule has 1 N–H and O–H groups in total. The van der Waals surface area contributed by atoms with Crippen molar-refractivity contribution < 1.29 is 32.3 Å². The number of esters is 2. The van der Waals surface area contributed by atoms with Gasteiger partial charge in [-0.2, -0.15) is 0 Å². The molecule has 0 atom stereocenters. The van der Waals surface area contributed by atoms with Crippen LogP contribution in [0.5, 0.6) is 0 Å². The second-order valence-electron chi connectivity index (χ2n) is 7.84. The second-order valence-corrected chi connectivity index (χ2v) is 11.3. The highest BCUT2D eigenvalue weighted by atomic mass is 35.5. The minimum atomic E-state index is -3.80. The van der Waals surface area contributed by atoms with Crippen LogP contribution in [0.15, 0.2) is 28.5 Å². The van der Waals surface area contributed by atoms with Crippen LogP contribution in [0.3, 0.4) is 0 Å². The number of hydrogen-bond donors (Lipinski definition) is 1. The van der Waals surface area contributed by atoms with E-state index in [2.05, 4.69) is 5.32 Å². The van der Waals surface area contributed by atoms with E-state index in [1.807, 2.05) is 13.8 Å². The predicted molar refractivity (Wildman–Crippen MR) is 130 cm³/mol. The van der Waals surface area contributed by atoms with Crippen molar-refractivity contribution in [3.63, 3.8) is 0 Å². The molecule has 1 aromatic carbocycles. The van der Waals surface area contributed by atoms with Crippen LogP contribution < -0.4 is 5.32 Å². The number of anilines is 1. The lowest BCUT2D eigenvalue weighted by molar-refractivity contribution is -0.119. The largest absolute Gasteiger partial charge is 0.462 e. The lowest BCUT2D eigenvalue weighted by atomic mass is 10.0. The average molecular weight is 531 g/mol. The Morgan fingerprint density at radius 3 is 2.41 bits per heavy atom. The minimum absolute atomic E-state index is 0.0238. The Hall–Kier alpha value is -2.47. The molecule has 1 heterocycles. The highest BCUT2D eigenvalue weighted by molar-refractivity contribution is 7.89. The van der Waals surface area contributed by atoms with E-state index < -0.39 is 34.5 Å². The summed E-state index contributed by atoms with van der Waals surface area (Å²) < 4.78 is 35.8. The molecule has 2 rings (SSSR count). The molecule has 1 aromatic heterocycles. The van der Waals surface area contributed by atoms with Crippen LogP contribution in [-0.2, 0) is 30.7 Å². The number of thiophene rings is 1. The maximum Gasteiger partial charge on any atom is 0.341 e. The van der Waals surface area contributed by atoms with Gasteiger partial charge in [-0.1, -0.05) is 25.4 Å². The molecule has 0 saturated carbocycles. The van der Waals surface area contributed by atoms with Crippen LogP contribution >= 0.6 is 22.9 Å². The summed E-state index contributed by atoms with van der Waals surface area (Å²) in [6.07, 6.45) is 0.625. The molecule has 2 aromatic rings. The van der Waals surface area contributed by atoms with Gasteiger partial charge in [-0.25, -0.2) is 22.3 Å². The molecular formula is C22H27ClN2O7S2. The van der Waals surface area contributed by atoms with Crippen LogP contribution in [0, 0.1) is 5.92 Å².